The first-order valence-electron chi connectivity index (χ1n) is 10.6. The summed E-state index contributed by atoms with van der Waals surface area (Å²) in [5.74, 6) is -1.08. The van der Waals surface area contributed by atoms with Crippen LogP contribution in [0.15, 0.2) is 48.5 Å². The lowest BCUT2D eigenvalue weighted by molar-refractivity contribution is -0.133. The normalized spacial score (nSPS) is 17.8. The fraction of sp³-hybridized carbons (Fsp3) is 0.333. The summed E-state index contributed by atoms with van der Waals surface area (Å²) >= 11 is 0. The summed E-state index contributed by atoms with van der Waals surface area (Å²) in [5, 5.41) is 5.36. The van der Waals surface area contributed by atoms with Crippen LogP contribution in [0.25, 0.3) is 0 Å². The maximum absolute atomic E-state index is 13.0. The zero-order valence-electron chi connectivity index (χ0n) is 18.8. The fourth-order valence-electron chi connectivity index (χ4n) is 3.66. The number of carbonyl (C=O) groups excluding carboxylic acids is 4. The second kappa shape index (κ2) is 9.21. The van der Waals surface area contributed by atoms with E-state index in [-0.39, 0.29) is 5.91 Å². The molecule has 5 amide bonds. The van der Waals surface area contributed by atoms with Gasteiger partial charge < -0.3 is 15.5 Å². The number of nitrogens with one attached hydrogen (secondary N) is 2. The summed E-state index contributed by atoms with van der Waals surface area (Å²) in [6.45, 7) is 8.20. The minimum absolute atomic E-state index is 0.0809. The van der Waals surface area contributed by atoms with Crippen molar-refractivity contribution in [2.45, 2.75) is 33.2 Å². The third kappa shape index (κ3) is 4.49. The van der Waals surface area contributed by atoms with Crippen molar-refractivity contribution in [1.82, 2.24) is 15.1 Å². The zero-order chi connectivity index (χ0) is 23.5. The highest BCUT2D eigenvalue weighted by Gasteiger charge is 2.49. The van der Waals surface area contributed by atoms with E-state index in [1.807, 2.05) is 32.9 Å². The van der Waals surface area contributed by atoms with Crippen molar-refractivity contribution in [3.8, 4) is 0 Å². The van der Waals surface area contributed by atoms with Crippen molar-refractivity contribution in [2.24, 2.45) is 0 Å². The molecule has 0 saturated carbocycles. The summed E-state index contributed by atoms with van der Waals surface area (Å²) in [5.41, 5.74) is 1.46. The van der Waals surface area contributed by atoms with Gasteiger partial charge in [0.15, 0.2) is 0 Å². The number of urea groups is 1. The number of hydrogen-bond donors (Lipinski definition) is 2. The largest absolute Gasteiger partial charge is 0.339 e. The number of imide groups is 1. The summed E-state index contributed by atoms with van der Waals surface area (Å²) in [6, 6.07) is 13.2. The Morgan fingerprint density at radius 1 is 1.00 bits per heavy atom. The minimum Gasteiger partial charge on any atom is -0.339 e. The van der Waals surface area contributed by atoms with Gasteiger partial charge in [0.1, 0.15) is 12.1 Å². The fourth-order valence-corrected chi connectivity index (χ4v) is 3.66. The number of hydrogen-bond acceptors (Lipinski definition) is 4. The Morgan fingerprint density at radius 2 is 1.59 bits per heavy atom. The standard InChI is InChI=1S/C24H28N4O4/c1-5-27(6-2)21(30)17-9-13-19(14-10-17)25-20(29)15-28-22(31)24(4,26-23(28)32)18-11-7-16(3)8-12-18/h7-14H,5-6,15H2,1-4H3,(H,25,29)(H,26,32)/t24-/m0/s1. The Bertz CT molecular complexity index is 1030. The SMILES string of the molecule is CCN(CC)C(=O)c1ccc(NC(=O)CN2C(=O)N[C@@](C)(c3ccc(C)cc3)C2=O)cc1. The lowest BCUT2D eigenvalue weighted by Gasteiger charge is -2.22. The molecule has 1 saturated heterocycles. The molecule has 32 heavy (non-hydrogen) atoms. The molecule has 0 unspecified atom stereocenters. The van der Waals surface area contributed by atoms with Gasteiger partial charge in [0.25, 0.3) is 11.8 Å². The predicted molar refractivity (Wildman–Crippen MR) is 121 cm³/mol. The number of anilines is 1. The van der Waals surface area contributed by atoms with Crippen LogP contribution in [0, 0.1) is 6.92 Å². The van der Waals surface area contributed by atoms with Gasteiger partial charge in [-0.15, -0.1) is 0 Å². The van der Waals surface area contributed by atoms with E-state index in [1.54, 1.807) is 48.2 Å². The maximum Gasteiger partial charge on any atom is 0.325 e. The minimum atomic E-state index is -1.22. The van der Waals surface area contributed by atoms with Crippen LogP contribution in [0.1, 0.15) is 42.3 Å². The molecule has 1 aliphatic rings. The smallest absolute Gasteiger partial charge is 0.325 e. The molecule has 2 aromatic rings. The molecule has 1 fully saturated rings. The van der Waals surface area contributed by atoms with Crippen LogP contribution < -0.4 is 10.6 Å². The first-order chi connectivity index (χ1) is 15.2. The number of benzene rings is 2. The van der Waals surface area contributed by atoms with Crippen molar-refractivity contribution < 1.29 is 19.2 Å². The van der Waals surface area contributed by atoms with Gasteiger partial charge in [-0.2, -0.15) is 0 Å². The Labute approximate surface area is 187 Å². The molecule has 3 rings (SSSR count). The molecule has 2 N–H and O–H groups in total. The van der Waals surface area contributed by atoms with E-state index < -0.39 is 29.9 Å². The average Bonchev–Trinajstić information content (AvgIpc) is 2.99. The van der Waals surface area contributed by atoms with Crippen molar-refractivity contribution >= 4 is 29.4 Å². The highest BCUT2D eigenvalue weighted by Crippen LogP contribution is 2.29. The van der Waals surface area contributed by atoms with Gasteiger partial charge in [-0.1, -0.05) is 29.8 Å². The lowest BCUT2D eigenvalue weighted by Crippen LogP contribution is -2.42. The molecule has 1 atom stereocenters. The molecule has 8 nitrogen and oxygen atoms in total. The number of aryl methyl sites for hydroxylation is 1. The summed E-state index contributed by atoms with van der Waals surface area (Å²) in [7, 11) is 0. The second-order valence-corrected chi connectivity index (χ2v) is 7.92. The van der Waals surface area contributed by atoms with Gasteiger partial charge in [-0.05, 0) is 57.5 Å². The molecule has 2 aromatic carbocycles. The molecule has 0 bridgehead atoms. The van der Waals surface area contributed by atoms with E-state index in [0.717, 1.165) is 10.5 Å². The van der Waals surface area contributed by atoms with Gasteiger partial charge >= 0.3 is 6.03 Å². The summed E-state index contributed by atoms with van der Waals surface area (Å²) in [6.07, 6.45) is 0. The van der Waals surface area contributed by atoms with E-state index in [1.165, 1.54) is 0 Å². The number of amides is 5. The van der Waals surface area contributed by atoms with Gasteiger partial charge in [0, 0.05) is 24.3 Å². The molecule has 1 heterocycles. The van der Waals surface area contributed by atoms with E-state index in [2.05, 4.69) is 10.6 Å². The first-order valence-corrected chi connectivity index (χ1v) is 10.6. The number of rotatable bonds is 7. The van der Waals surface area contributed by atoms with E-state index in [9.17, 15) is 19.2 Å². The van der Waals surface area contributed by atoms with Crippen LogP contribution in [-0.2, 0) is 15.1 Å². The molecular weight excluding hydrogens is 408 g/mol. The van der Waals surface area contributed by atoms with Gasteiger partial charge in [-0.25, -0.2) is 4.79 Å². The molecule has 0 aliphatic carbocycles. The van der Waals surface area contributed by atoms with Crippen LogP contribution in [-0.4, -0.2) is 53.2 Å². The van der Waals surface area contributed by atoms with Crippen LogP contribution in [0.2, 0.25) is 0 Å². The molecule has 8 heteroatoms. The molecule has 1 aliphatic heterocycles. The number of nitrogens with zero attached hydrogens (tertiary/aromatic N) is 2. The Hall–Kier alpha value is -3.68. The third-order valence-corrected chi connectivity index (χ3v) is 5.67. The average molecular weight is 437 g/mol. The Morgan fingerprint density at radius 3 is 2.16 bits per heavy atom. The Kier molecular flexibility index (Phi) is 6.62. The second-order valence-electron chi connectivity index (χ2n) is 7.92. The van der Waals surface area contributed by atoms with Gasteiger partial charge in [0.2, 0.25) is 5.91 Å². The van der Waals surface area contributed by atoms with Crippen LogP contribution in [0.5, 0.6) is 0 Å². The van der Waals surface area contributed by atoms with Crippen molar-refractivity contribution in [2.75, 3.05) is 25.0 Å². The van der Waals surface area contributed by atoms with Crippen molar-refractivity contribution in [3.05, 3.63) is 65.2 Å². The van der Waals surface area contributed by atoms with Gasteiger partial charge in [-0.3, -0.25) is 19.3 Å². The van der Waals surface area contributed by atoms with Crippen LogP contribution in [0.4, 0.5) is 10.5 Å². The molecule has 0 radical (unpaired) electrons. The molecule has 0 spiro atoms. The lowest BCUT2D eigenvalue weighted by atomic mass is 9.91. The highest BCUT2D eigenvalue weighted by molar-refractivity contribution is 6.10. The maximum atomic E-state index is 13.0. The van der Waals surface area contributed by atoms with Crippen molar-refractivity contribution in [3.63, 3.8) is 0 Å². The van der Waals surface area contributed by atoms with E-state index >= 15 is 0 Å². The van der Waals surface area contributed by atoms with Crippen LogP contribution in [0.3, 0.4) is 0 Å². The number of carbonyl (C=O) groups is 4. The van der Waals surface area contributed by atoms with Crippen LogP contribution >= 0.6 is 0 Å². The van der Waals surface area contributed by atoms with E-state index in [0.29, 0.717) is 29.9 Å². The highest BCUT2D eigenvalue weighted by atomic mass is 16.2. The summed E-state index contributed by atoms with van der Waals surface area (Å²) in [4.78, 5) is 52.9. The van der Waals surface area contributed by atoms with E-state index in [4.69, 9.17) is 0 Å². The quantitative estimate of drug-likeness (QED) is 0.652. The predicted octanol–water partition coefficient (Wildman–Crippen LogP) is 2.88. The molecule has 0 aromatic heterocycles. The zero-order valence-corrected chi connectivity index (χ0v) is 18.8. The molecular formula is C24H28N4O4. The summed E-state index contributed by atoms with van der Waals surface area (Å²) < 4.78 is 0. The van der Waals surface area contributed by atoms with Crippen molar-refractivity contribution in [1.29, 1.82) is 0 Å². The topological polar surface area (TPSA) is 98.8 Å². The Balaban J connectivity index is 1.66. The van der Waals surface area contributed by atoms with Gasteiger partial charge in [0.05, 0.1) is 0 Å². The monoisotopic (exact) mass is 436 g/mol. The molecule has 168 valence electrons. The first kappa shape index (κ1) is 23.0. The third-order valence-electron chi connectivity index (χ3n) is 5.67.